The second-order valence-corrected chi connectivity index (χ2v) is 8.15. The maximum atomic E-state index is 12.5. The number of benzene rings is 1. The molecule has 0 atom stereocenters. The molecule has 0 spiro atoms. The zero-order chi connectivity index (χ0) is 21.0. The summed E-state index contributed by atoms with van der Waals surface area (Å²) in [5.74, 6) is 1.83. The molecule has 0 unspecified atom stereocenters. The first-order chi connectivity index (χ1) is 13.8. The fourth-order valence-electron chi connectivity index (χ4n) is 3.07. The maximum absolute atomic E-state index is 12.5. The normalized spacial score (nSPS) is 11.4. The SMILES string of the molecule is Cc1nnc(-c2cc(CC(C)C)n(-c3cccc(C(=O)NCCC(C)C)c3)n2)o1. The van der Waals surface area contributed by atoms with E-state index in [0.29, 0.717) is 41.4 Å². The molecule has 2 aromatic heterocycles. The Bertz CT molecular complexity index is 971. The molecule has 0 aliphatic rings. The summed E-state index contributed by atoms with van der Waals surface area (Å²) in [5.41, 5.74) is 3.11. The minimum atomic E-state index is -0.0715. The van der Waals surface area contributed by atoms with Gasteiger partial charge in [-0.05, 0) is 48.9 Å². The van der Waals surface area contributed by atoms with Crippen LogP contribution in [0.15, 0.2) is 34.7 Å². The van der Waals surface area contributed by atoms with Crippen molar-refractivity contribution in [2.24, 2.45) is 11.8 Å². The predicted octanol–water partition coefficient (Wildman–Crippen LogP) is 4.21. The Labute approximate surface area is 171 Å². The molecule has 3 aromatic rings. The second kappa shape index (κ2) is 9.03. The molecule has 154 valence electrons. The van der Waals surface area contributed by atoms with E-state index in [1.54, 1.807) is 6.92 Å². The van der Waals surface area contributed by atoms with Gasteiger partial charge < -0.3 is 9.73 Å². The Hall–Kier alpha value is -2.96. The summed E-state index contributed by atoms with van der Waals surface area (Å²) in [6, 6.07) is 9.49. The van der Waals surface area contributed by atoms with E-state index in [9.17, 15) is 4.79 Å². The summed E-state index contributed by atoms with van der Waals surface area (Å²) >= 11 is 0. The smallest absolute Gasteiger partial charge is 0.268 e. The van der Waals surface area contributed by atoms with Gasteiger partial charge in [-0.15, -0.1) is 10.2 Å². The quantitative estimate of drug-likeness (QED) is 0.618. The molecule has 2 heterocycles. The van der Waals surface area contributed by atoms with Crippen molar-refractivity contribution in [3.8, 4) is 17.3 Å². The zero-order valence-corrected chi connectivity index (χ0v) is 17.8. The number of nitrogens with zero attached hydrogens (tertiary/aromatic N) is 4. The van der Waals surface area contributed by atoms with Crippen LogP contribution in [0.1, 0.15) is 56.1 Å². The molecule has 0 saturated carbocycles. The topological polar surface area (TPSA) is 85.8 Å². The summed E-state index contributed by atoms with van der Waals surface area (Å²) in [6.45, 7) is 11.0. The minimum absolute atomic E-state index is 0.0715. The molecule has 7 nitrogen and oxygen atoms in total. The number of aromatic nitrogens is 4. The number of nitrogens with one attached hydrogen (secondary N) is 1. The Morgan fingerprint density at radius 1 is 1.14 bits per heavy atom. The lowest BCUT2D eigenvalue weighted by atomic mass is 10.1. The fourth-order valence-corrected chi connectivity index (χ4v) is 3.07. The highest BCUT2D eigenvalue weighted by atomic mass is 16.4. The monoisotopic (exact) mass is 395 g/mol. The third-order valence-corrected chi connectivity index (χ3v) is 4.51. The van der Waals surface area contributed by atoms with E-state index in [2.05, 4.69) is 43.2 Å². The highest BCUT2D eigenvalue weighted by Crippen LogP contribution is 2.23. The van der Waals surface area contributed by atoms with Gasteiger partial charge in [0.05, 0.1) is 5.69 Å². The van der Waals surface area contributed by atoms with Crippen molar-refractivity contribution in [1.29, 1.82) is 0 Å². The Kier molecular flexibility index (Phi) is 6.46. The molecule has 3 rings (SSSR count). The van der Waals surface area contributed by atoms with Gasteiger partial charge in [-0.2, -0.15) is 5.10 Å². The van der Waals surface area contributed by atoms with Gasteiger partial charge in [0.1, 0.15) is 5.69 Å². The average Bonchev–Trinajstić information content (AvgIpc) is 3.27. The van der Waals surface area contributed by atoms with Crippen LogP contribution in [-0.4, -0.2) is 32.4 Å². The molecule has 1 N–H and O–H groups in total. The summed E-state index contributed by atoms with van der Waals surface area (Å²) in [6.07, 6.45) is 1.79. The van der Waals surface area contributed by atoms with Crippen molar-refractivity contribution in [2.75, 3.05) is 6.54 Å². The first-order valence-corrected chi connectivity index (χ1v) is 10.1. The van der Waals surface area contributed by atoms with Gasteiger partial charge in [0.2, 0.25) is 5.89 Å². The first-order valence-electron chi connectivity index (χ1n) is 10.1. The van der Waals surface area contributed by atoms with E-state index in [4.69, 9.17) is 9.52 Å². The van der Waals surface area contributed by atoms with E-state index in [-0.39, 0.29) is 5.91 Å². The Morgan fingerprint density at radius 2 is 1.93 bits per heavy atom. The van der Waals surface area contributed by atoms with Gasteiger partial charge in [-0.25, -0.2) is 4.68 Å². The lowest BCUT2D eigenvalue weighted by Gasteiger charge is -2.11. The van der Waals surface area contributed by atoms with E-state index in [1.807, 2.05) is 35.0 Å². The number of carbonyl (C=O) groups is 1. The van der Waals surface area contributed by atoms with Crippen LogP contribution in [-0.2, 0) is 6.42 Å². The van der Waals surface area contributed by atoms with E-state index < -0.39 is 0 Å². The molecule has 0 saturated heterocycles. The average molecular weight is 396 g/mol. The second-order valence-electron chi connectivity index (χ2n) is 8.15. The van der Waals surface area contributed by atoms with Crippen molar-refractivity contribution in [1.82, 2.24) is 25.3 Å². The van der Waals surface area contributed by atoms with Crippen molar-refractivity contribution < 1.29 is 9.21 Å². The lowest BCUT2D eigenvalue weighted by molar-refractivity contribution is 0.0952. The number of aryl methyl sites for hydroxylation is 1. The van der Waals surface area contributed by atoms with Crippen LogP contribution in [0.5, 0.6) is 0 Å². The molecule has 1 aromatic carbocycles. The zero-order valence-electron chi connectivity index (χ0n) is 17.8. The minimum Gasteiger partial charge on any atom is -0.420 e. The van der Waals surface area contributed by atoms with E-state index in [0.717, 1.165) is 24.2 Å². The third kappa shape index (κ3) is 5.31. The number of hydrogen-bond acceptors (Lipinski definition) is 5. The van der Waals surface area contributed by atoms with Gasteiger partial charge in [-0.1, -0.05) is 33.8 Å². The fraction of sp³-hybridized carbons (Fsp3) is 0.455. The molecular formula is C22H29N5O2. The van der Waals surface area contributed by atoms with Crippen LogP contribution < -0.4 is 5.32 Å². The molecular weight excluding hydrogens is 366 g/mol. The highest BCUT2D eigenvalue weighted by molar-refractivity contribution is 5.94. The van der Waals surface area contributed by atoms with Gasteiger partial charge in [0.25, 0.3) is 11.8 Å². The van der Waals surface area contributed by atoms with Crippen LogP contribution in [0.25, 0.3) is 17.3 Å². The van der Waals surface area contributed by atoms with E-state index >= 15 is 0 Å². The maximum Gasteiger partial charge on any atom is 0.268 e. The molecule has 0 radical (unpaired) electrons. The predicted molar refractivity (Wildman–Crippen MR) is 112 cm³/mol. The van der Waals surface area contributed by atoms with Crippen LogP contribution in [0.3, 0.4) is 0 Å². The summed E-state index contributed by atoms with van der Waals surface area (Å²) in [5, 5.41) is 15.7. The highest BCUT2D eigenvalue weighted by Gasteiger charge is 2.17. The molecule has 29 heavy (non-hydrogen) atoms. The van der Waals surface area contributed by atoms with Gasteiger partial charge in [-0.3, -0.25) is 4.79 Å². The molecule has 0 aliphatic carbocycles. The number of amides is 1. The standard InChI is InChI=1S/C22H29N5O2/c1-14(2)9-10-23-21(28)17-7-6-8-18(12-17)27-19(11-15(3)4)13-20(26-27)22-25-24-16(5)29-22/h6-8,12-15H,9-11H2,1-5H3,(H,23,28). The van der Waals surface area contributed by atoms with Crippen LogP contribution in [0.2, 0.25) is 0 Å². The van der Waals surface area contributed by atoms with Crippen molar-refractivity contribution in [2.45, 2.75) is 47.5 Å². The van der Waals surface area contributed by atoms with Crippen LogP contribution in [0, 0.1) is 18.8 Å². The number of hydrogen-bond donors (Lipinski definition) is 1. The van der Waals surface area contributed by atoms with Crippen molar-refractivity contribution in [3.05, 3.63) is 47.5 Å². The van der Waals surface area contributed by atoms with Crippen LogP contribution in [0.4, 0.5) is 0 Å². The Morgan fingerprint density at radius 3 is 2.59 bits per heavy atom. The molecule has 7 heteroatoms. The Balaban J connectivity index is 1.90. The van der Waals surface area contributed by atoms with Crippen molar-refractivity contribution >= 4 is 5.91 Å². The molecule has 0 bridgehead atoms. The summed E-state index contributed by atoms with van der Waals surface area (Å²) in [4.78, 5) is 12.5. The third-order valence-electron chi connectivity index (χ3n) is 4.51. The van der Waals surface area contributed by atoms with Crippen LogP contribution >= 0.6 is 0 Å². The van der Waals surface area contributed by atoms with E-state index in [1.165, 1.54) is 0 Å². The van der Waals surface area contributed by atoms with Gasteiger partial charge >= 0.3 is 0 Å². The molecule has 1 amide bonds. The summed E-state index contributed by atoms with van der Waals surface area (Å²) in [7, 11) is 0. The lowest BCUT2D eigenvalue weighted by Crippen LogP contribution is -2.25. The summed E-state index contributed by atoms with van der Waals surface area (Å²) < 4.78 is 7.40. The van der Waals surface area contributed by atoms with Crippen molar-refractivity contribution in [3.63, 3.8) is 0 Å². The molecule has 0 aliphatic heterocycles. The molecule has 0 fully saturated rings. The number of rotatable bonds is 8. The first kappa shape index (κ1) is 20.8. The van der Waals surface area contributed by atoms with Gasteiger partial charge in [0.15, 0.2) is 0 Å². The number of carbonyl (C=O) groups excluding carboxylic acids is 1. The van der Waals surface area contributed by atoms with Gasteiger partial charge in [0, 0.05) is 24.7 Å². The largest absolute Gasteiger partial charge is 0.420 e.